The molecule has 1 rings (SSSR count). The van der Waals surface area contributed by atoms with Crippen molar-refractivity contribution >= 4 is 5.91 Å². The van der Waals surface area contributed by atoms with Crippen LogP contribution in [0.3, 0.4) is 0 Å². The number of piperazine rings is 1. The summed E-state index contributed by atoms with van der Waals surface area (Å²) in [5.74, 6) is 0.134. The first kappa shape index (κ1) is 10.5. The van der Waals surface area contributed by atoms with E-state index in [1.807, 2.05) is 20.9 Å². The van der Waals surface area contributed by atoms with Gasteiger partial charge in [-0.3, -0.25) is 9.69 Å². The monoisotopic (exact) mass is 185 g/mol. The van der Waals surface area contributed by atoms with Crippen molar-refractivity contribution in [3.05, 3.63) is 0 Å². The van der Waals surface area contributed by atoms with Gasteiger partial charge in [0.25, 0.3) is 0 Å². The quantitative estimate of drug-likeness (QED) is 0.618. The van der Waals surface area contributed by atoms with Crippen molar-refractivity contribution in [1.29, 1.82) is 0 Å². The Labute approximate surface area is 79.7 Å². The molecule has 0 aromatic carbocycles. The SMILES string of the molecule is CNCCN1CCNC(=O)C1(C)C. The van der Waals surface area contributed by atoms with Crippen molar-refractivity contribution in [2.75, 3.05) is 33.2 Å². The fraction of sp³-hybridized carbons (Fsp3) is 0.889. The molecule has 0 aromatic rings. The molecule has 4 heteroatoms. The van der Waals surface area contributed by atoms with Crippen LogP contribution in [0.5, 0.6) is 0 Å². The summed E-state index contributed by atoms with van der Waals surface area (Å²) in [5.41, 5.74) is -0.352. The minimum Gasteiger partial charge on any atom is -0.353 e. The first-order valence-corrected chi connectivity index (χ1v) is 4.77. The van der Waals surface area contributed by atoms with E-state index in [1.165, 1.54) is 0 Å². The highest BCUT2D eigenvalue weighted by Gasteiger charge is 2.36. The summed E-state index contributed by atoms with van der Waals surface area (Å²) < 4.78 is 0. The van der Waals surface area contributed by atoms with Crippen LogP contribution in [-0.4, -0.2) is 49.6 Å². The molecular formula is C9H19N3O. The zero-order chi connectivity index (χ0) is 9.90. The van der Waals surface area contributed by atoms with Gasteiger partial charge in [0.1, 0.15) is 0 Å². The lowest BCUT2D eigenvalue weighted by Crippen LogP contribution is -2.62. The first-order chi connectivity index (χ1) is 6.09. The maximum absolute atomic E-state index is 11.5. The largest absolute Gasteiger partial charge is 0.353 e. The predicted octanol–water partition coefficient (Wildman–Crippen LogP) is -0.584. The van der Waals surface area contributed by atoms with Crippen LogP contribution in [0.15, 0.2) is 0 Å². The number of nitrogens with zero attached hydrogens (tertiary/aromatic N) is 1. The number of amides is 1. The Hall–Kier alpha value is -0.610. The number of nitrogens with one attached hydrogen (secondary N) is 2. The third kappa shape index (κ3) is 2.19. The smallest absolute Gasteiger partial charge is 0.239 e. The molecule has 2 N–H and O–H groups in total. The van der Waals surface area contributed by atoms with E-state index in [0.717, 1.165) is 26.2 Å². The van der Waals surface area contributed by atoms with Crippen LogP contribution >= 0.6 is 0 Å². The van der Waals surface area contributed by atoms with Crippen molar-refractivity contribution in [2.45, 2.75) is 19.4 Å². The molecule has 0 unspecified atom stereocenters. The summed E-state index contributed by atoms with van der Waals surface area (Å²) in [4.78, 5) is 13.7. The van der Waals surface area contributed by atoms with Gasteiger partial charge in [-0.2, -0.15) is 0 Å². The van der Waals surface area contributed by atoms with Gasteiger partial charge in [0, 0.05) is 26.2 Å². The van der Waals surface area contributed by atoms with E-state index < -0.39 is 0 Å². The maximum atomic E-state index is 11.5. The number of carbonyl (C=O) groups is 1. The molecule has 0 atom stereocenters. The van der Waals surface area contributed by atoms with Crippen molar-refractivity contribution in [3.8, 4) is 0 Å². The molecule has 0 aliphatic carbocycles. The second-order valence-electron chi connectivity index (χ2n) is 3.91. The standard InChI is InChI=1S/C9H19N3O/c1-9(2)8(13)11-5-7-12(9)6-4-10-3/h10H,4-7H2,1-3H3,(H,11,13). The van der Waals surface area contributed by atoms with Crippen LogP contribution in [0.2, 0.25) is 0 Å². The molecule has 1 aliphatic rings. The van der Waals surface area contributed by atoms with Gasteiger partial charge in [0.15, 0.2) is 0 Å². The Bertz CT molecular complexity index is 191. The summed E-state index contributed by atoms with van der Waals surface area (Å²) in [5, 5.41) is 5.97. The third-order valence-corrected chi connectivity index (χ3v) is 2.65. The highest BCUT2D eigenvalue weighted by Crippen LogP contribution is 2.16. The van der Waals surface area contributed by atoms with Gasteiger partial charge in [-0.05, 0) is 20.9 Å². The highest BCUT2D eigenvalue weighted by molar-refractivity contribution is 5.86. The summed E-state index contributed by atoms with van der Waals surface area (Å²) >= 11 is 0. The molecule has 1 fully saturated rings. The second kappa shape index (κ2) is 4.07. The molecule has 0 saturated carbocycles. The normalized spacial score (nSPS) is 22.8. The maximum Gasteiger partial charge on any atom is 0.239 e. The van der Waals surface area contributed by atoms with Crippen molar-refractivity contribution in [1.82, 2.24) is 15.5 Å². The van der Waals surface area contributed by atoms with Gasteiger partial charge in [-0.25, -0.2) is 0 Å². The molecule has 0 aromatic heterocycles. The van der Waals surface area contributed by atoms with Crippen LogP contribution in [0.4, 0.5) is 0 Å². The third-order valence-electron chi connectivity index (χ3n) is 2.65. The molecule has 1 heterocycles. The van der Waals surface area contributed by atoms with Crippen molar-refractivity contribution < 1.29 is 4.79 Å². The minimum absolute atomic E-state index is 0.134. The number of carbonyl (C=O) groups excluding carboxylic acids is 1. The summed E-state index contributed by atoms with van der Waals surface area (Å²) in [6.45, 7) is 7.51. The summed E-state index contributed by atoms with van der Waals surface area (Å²) in [7, 11) is 1.93. The Kier molecular flexibility index (Phi) is 3.27. The molecule has 76 valence electrons. The lowest BCUT2D eigenvalue weighted by atomic mass is 9.99. The lowest BCUT2D eigenvalue weighted by molar-refractivity contribution is -0.134. The van der Waals surface area contributed by atoms with Gasteiger partial charge in [0.2, 0.25) is 5.91 Å². The van der Waals surface area contributed by atoms with Gasteiger partial charge < -0.3 is 10.6 Å². The molecule has 1 aliphatic heterocycles. The lowest BCUT2D eigenvalue weighted by Gasteiger charge is -2.41. The average Bonchev–Trinajstić information content (AvgIpc) is 2.08. The highest BCUT2D eigenvalue weighted by atomic mass is 16.2. The summed E-state index contributed by atoms with van der Waals surface area (Å²) in [6.07, 6.45) is 0. The van der Waals surface area contributed by atoms with Gasteiger partial charge in [-0.1, -0.05) is 0 Å². The Balaban J connectivity index is 2.55. The Morgan fingerprint density at radius 1 is 1.62 bits per heavy atom. The van der Waals surface area contributed by atoms with Crippen LogP contribution in [0.25, 0.3) is 0 Å². The van der Waals surface area contributed by atoms with E-state index in [-0.39, 0.29) is 11.4 Å². The van der Waals surface area contributed by atoms with Gasteiger partial charge >= 0.3 is 0 Å². The van der Waals surface area contributed by atoms with Gasteiger partial charge in [-0.15, -0.1) is 0 Å². The van der Waals surface area contributed by atoms with E-state index in [4.69, 9.17) is 0 Å². The van der Waals surface area contributed by atoms with E-state index in [1.54, 1.807) is 0 Å². The molecule has 0 radical (unpaired) electrons. The Morgan fingerprint density at radius 3 is 2.92 bits per heavy atom. The fourth-order valence-electron chi connectivity index (χ4n) is 1.58. The average molecular weight is 185 g/mol. The fourth-order valence-corrected chi connectivity index (χ4v) is 1.58. The van der Waals surface area contributed by atoms with E-state index in [0.29, 0.717) is 0 Å². The minimum atomic E-state index is -0.352. The van der Waals surface area contributed by atoms with Crippen LogP contribution in [-0.2, 0) is 4.79 Å². The number of hydrogen-bond donors (Lipinski definition) is 2. The van der Waals surface area contributed by atoms with Crippen LogP contribution < -0.4 is 10.6 Å². The van der Waals surface area contributed by atoms with E-state index in [9.17, 15) is 4.79 Å². The number of rotatable bonds is 3. The zero-order valence-electron chi connectivity index (χ0n) is 8.68. The Morgan fingerprint density at radius 2 is 2.31 bits per heavy atom. The van der Waals surface area contributed by atoms with Gasteiger partial charge in [0.05, 0.1) is 5.54 Å². The molecular weight excluding hydrogens is 166 g/mol. The first-order valence-electron chi connectivity index (χ1n) is 4.77. The summed E-state index contributed by atoms with van der Waals surface area (Å²) in [6, 6.07) is 0. The molecule has 13 heavy (non-hydrogen) atoms. The zero-order valence-corrected chi connectivity index (χ0v) is 8.68. The number of likely N-dealkylation sites (N-methyl/N-ethyl adjacent to an activating group) is 1. The topological polar surface area (TPSA) is 44.4 Å². The van der Waals surface area contributed by atoms with Crippen LogP contribution in [0, 0.1) is 0 Å². The van der Waals surface area contributed by atoms with Crippen molar-refractivity contribution in [3.63, 3.8) is 0 Å². The molecule has 1 amide bonds. The number of hydrogen-bond acceptors (Lipinski definition) is 3. The molecule has 0 bridgehead atoms. The molecule has 1 saturated heterocycles. The molecule has 4 nitrogen and oxygen atoms in total. The molecule has 0 spiro atoms. The van der Waals surface area contributed by atoms with Crippen LogP contribution in [0.1, 0.15) is 13.8 Å². The predicted molar refractivity (Wildman–Crippen MR) is 52.6 cm³/mol. The van der Waals surface area contributed by atoms with E-state index >= 15 is 0 Å². The van der Waals surface area contributed by atoms with E-state index in [2.05, 4.69) is 15.5 Å². The second-order valence-corrected chi connectivity index (χ2v) is 3.91. The van der Waals surface area contributed by atoms with Crippen molar-refractivity contribution in [2.24, 2.45) is 0 Å².